The summed E-state index contributed by atoms with van der Waals surface area (Å²) in [5.41, 5.74) is -0.588. The Morgan fingerprint density at radius 2 is 1.30 bits per heavy atom. The second kappa shape index (κ2) is 16.7. The third-order valence-electron chi connectivity index (χ3n) is 3.62. The fraction of sp³-hybridized carbons (Fsp3) is 0.333. The molecule has 0 aliphatic carbocycles. The first-order valence-corrected chi connectivity index (χ1v) is 10.3. The van der Waals surface area contributed by atoms with Crippen LogP contribution in [0.5, 0.6) is 11.5 Å². The van der Waals surface area contributed by atoms with Gasteiger partial charge in [-0.05, 0) is 24.6 Å². The minimum absolute atomic E-state index is 0.0219. The van der Waals surface area contributed by atoms with Crippen molar-refractivity contribution in [3.8, 4) is 11.5 Å². The SMILES string of the molecule is C=C/C=C\C(=C/C)C(c1c(O)cc[nH]c1=O)c1c(O)cc[nH]c1=O.CC.CC.CC. The lowest BCUT2D eigenvalue weighted by Gasteiger charge is -2.19. The van der Waals surface area contributed by atoms with E-state index in [0.29, 0.717) is 5.57 Å². The molecule has 166 valence electrons. The Morgan fingerprint density at radius 3 is 1.60 bits per heavy atom. The number of nitrogens with one attached hydrogen (secondary N) is 2. The van der Waals surface area contributed by atoms with Crippen LogP contribution in [0.3, 0.4) is 0 Å². The van der Waals surface area contributed by atoms with E-state index < -0.39 is 17.0 Å². The fourth-order valence-corrected chi connectivity index (χ4v) is 2.53. The molecule has 0 saturated heterocycles. The maximum Gasteiger partial charge on any atom is 0.255 e. The van der Waals surface area contributed by atoms with E-state index in [1.54, 1.807) is 31.2 Å². The molecule has 2 aromatic heterocycles. The van der Waals surface area contributed by atoms with E-state index in [2.05, 4.69) is 16.5 Å². The molecule has 0 amide bonds. The average Bonchev–Trinajstić information content (AvgIpc) is 2.77. The quantitative estimate of drug-likeness (QED) is 0.491. The monoisotopic (exact) mass is 416 g/mol. The molecule has 0 bridgehead atoms. The summed E-state index contributed by atoms with van der Waals surface area (Å²) in [6.07, 6.45) is 9.16. The number of aromatic hydroxyl groups is 2. The summed E-state index contributed by atoms with van der Waals surface area (Å²) in [5.74, 6) is -1.48. The van der Waals surface area contributed by atoms with Crippen LogP contribution in [0, 0.1) is 0 Å². The number of rotatable bonds is 5. The number of hydrogen-bond donors (Lipinski definition) is 4. The lowest BCUT2D eigenvalue weighted by Crippen LogP contribution is -2.23. The van der Waals surface area contributed by atoms with Crippen molar-refractivity contribution in [1.82, 2.24) is 9.97 Å². The summed E-state index contributed by atoms with van der Waals surface area (Å²) in [5, 5.41) is 20.4. The summed E-state index contributed by atoms with van der Waals surface area (Å²) in [7, 11) is 0. The molecule has 0 aromatic carbocycles. The van der Waals surface area contributed by atoms with Crippen molar-refractivity contribution in [3.63, 3.8) is 0 Å². The maximum atomic E-state index is 12.3. The zero-order valence-electron chi connectivity index (χ0n) is 19.1. The number of H-pyrrole nitrogens is 2. The van der Waals surface area contributed by atoms with E-state index in [9.17, 15) is 19.8 Å². The van der Waals surface area contributed by atoms with Gasteiger partial charge in [-0.15, -0.1) is 0 Å². The second-order valence-electron chi connectivity index (χ2n) is 5.03. The molecular weight excluding hydrogens is 380 g/mol. The fourth-order valence-electron chi connectivity index (χ4n) is 2.53. The first-order chi connectivity index (χ1) is 14.5. The van der Waals surface area contributed by atoms with Crippen LogP contribution in [0.25, 0.3) is 0 Å². The van der Waals surface area contributed by atoms with Crippen molar-refractivity contribution in [2.24, 2.45) is 0 Å². The molecule has 4 N–H and O–H groups in total. The molecule has 0 fully saturated rings. The van der Waals surface area contributed by atoms with Gasteiger partial charge in [-0.25, -0.2) is 0 Å². The Bertz CT molecular complexity index is 862. The zero-order valence-corrected chi connectivity index (χ0v) is 19.1. The Morgan fingerprint density at radius 1 is 0.900 bits per heavy atom. The standard InChI is InChI=1S/C18H18N2O4.3C2H6/c1-3-5-6-11(4-2)14(15-12(21)7-9-19-17(15)23)16-13(22)8-10-20-18(16)24;3*1-2/h3-10,14H,1H2,2H3,(H2,19,21,23)(H2,20,22,24);3*1-2H3/b6-5-,11-4+;;;. The van der Waals surface area contributed by atoms with Crippen LogP contribution in [-0.4, -0.2) is 20.2 Å². The first-order valence-electron chi connectivity index (χ1n) is 10.3. The van der Waals surface area contributed by atoms with E-state index in [0.717, 1.165) is 0 Å². The molecule has 0 aliphatic rings. The molecule has 0 saturated carbocycles. The third kappa shape index (κ3) is 7.62. The van der Waals surface area contributed by atoms with Crippen molar-refractivity contribution in [2.45, 2.75) is 54.4 Å². The minimum Gasteiger partial charge on any atom is -0.507 e. The highest BCUT2D eigenvalue weighted by molar-refractivity contribution is 5.52. The Labute approximate surface area is 179 Å². The largest absolute Gasteiger partial charge is 0.507 e. The zero-order chi connectivity index (χ0) is 23.7. The van der Waals surface area contributed by atoms with Gasteiger partial charge >= 0.3 is 0 Å². The van der Waals surface area contributed by atoms with Crippen LogP contribution in [0.1, 0.15) is 65.5 Å². The van der Waals surface area contributed by atoms with Crippen molar-refractivity contribution < 1.29 is 10.2 Å². The average molecular weight is 417 g/mol. The Kier molecular flexibility index (Phi) is 16.1. The number of pyridine rings is 2. The van der Waals surface area contributed by atoms with E-state index in [4.69, 9.17) is 0 Å². The van der Waals surface area contributed by atoms with Crippen LogP contribution in [0.4, 0.5) is 0 Å². The van der Waals surface area contributed by atoms with Gasteiger partial charge in [-0.1, -0.05) is 72.4 Å². The molecule has 0 radical (unpaired) electrons. The molecule has 0 atom stereocenters. The van der Waals surface area contributed by atoms with Gasteiger partial charge in [0.2, 0.25) is 0 Å². The Balaban J connectivity index is 0. The predicted molar refractivity (Wildman–Crippen MR) is 126 cm³/mol. The van der Waals surface area contributed by atoms with Crippen LogP contribution < -0.4 is 11.1 Å². The van der Waals surface area contributed by atoms with E-state index in [1.165, 1.54) is 24.5 Å². The predicted octanol–water partition coefficient (Wildman–Crippen LogP) is 5.37. The number of allylic oxidation sites excluding steroid dienone is 5. The summed E-state index contributed by atoms with van der Waals surface area (Å²) < 4.78 is 0. The van der Waals surface area contributed by atoms with E-state index in [1.807, 2.05) is 41.5 Å². The van der Waals surface area contributed by atoms with E-state index in [-0.39, 0.29) is 22.6 Å². The number of hydrogen-bond acceptors (Lipinski definition) is 4. The molecule has 6 heteroatoms. The smallest absolute Gasteiger partial charge is 0.255 e. The van der Waals surface area contributed by atoms with Crippen LogP contribution in [-0.2, 0) is 0 Å². The number of aromatic amines is 2. The number of aromatic nitrogens is 2. The second-order valence-corrected chi connectivity index (χ2v) is 5.03. The molecule has 2 aromatic rings. The highest BCUT2D eigenvalue weighted by atomic mass is 16.3. The molecule has 2 rings (SSSR count). The maximum absolute atomic E-state index is 12.3. The van der Waals surface area contributed by atoms with Crippen molar-refractivity contribution in [1.29, 1.82) is 0 Å². The van der Waals surface area contributed by atoms with Crippen LogP contribution in [0.15, 0.2) is 70.6 Å². The molecule has 0 aliphatic heterocycles. The van der Waals surface area contributed by atoms with Crippen molar-refractivity contribution >= 4 is 0 Å². The highest BCUT2D eigenvalue weighted by Crippen LogP contribution is 2.36. The summed E-state index contributed by atoms with van der Waals surface area (Å²) >= 11 is 0. The van der Waals surface area contributed by atoms with Gasteiger partial charge in [0.15, 0.2) is 0 Å². The van der Waals surface area contributed by atoms with Gasteiger partial charge in [-0.2, -0.15) is 0 Å². The van der Waals surface area contributed by atoms with Gasteiger partial charge < -0.3 is 20.2 Å². The summed E-state index contributed by atoms with van der Waals surface area (Å²) in [6.45, 7) is 17.3. The van der Waals surface area contributed by atoms with Gasteiger partial charge in [0.25, 0.3) is 11.1 Å². The molecule has 0 spiro atoms. The Hall–Kier alpha value is -3.28. The van der Waals surface area contributed by atoms with E-state index >= 15 is 0 Å². The summed E-state index contributed by atoms with van der Waals surface area (Å²) in [4.78, 5) is 29.5. The normalized spacial score (nSPS) is 10.2. The minimum atomic E-state index is -0.943. The molecule has 6 nitrogen and oxygen atoms in total. The highest BCUT2D eigenvalue weighted by Gasteiger charge is 2.28. The lowest BCUT2D eigenvalue weighted by molar-refractivity contribution is 0.455. The van der Waals surface area contributed by atoms with Crippen LogP contribution >= 0.6 is 0 Å². The first kappa shape index (κ1) is 28.9. The van der Waals surface area contributed by atoms with Gasteiger partial charge in [-0.3, -0.25) is 9.59 Å². The topological polar surface area (TPSA) is 106 Å². The lowest BCUT2D eigenvalue weighted by atomic mass is 9.84. The van der Waals surface area contributed by atoms with Gasteiger partial charge in [0.1, 0.15) is 11.5 Å². The van der Waals surface area contributed by atoms with Crippen molar-refractivity contribution in [3.05, 3.63) is 92.8 Å². The third-order valence-corrected chi connectivity index (χ3v) is 3.62. The molecule has 0 unspecified atom stereocenters. The van der Waals surface area contributed by atoms with Crippen molar-refractivity contribution in [2.75, 3.05) is 0 Å². The molecule has 30 heavy (non-hydrogen) atoms. The molecule has 2 heterocycles. The van der Waals surface area contributed by atoms with Gasteiger partial charge in [0.05, 0.1) is 17.0 Å². The molecular formula is C24H36N2O4. The van der Waals surface area contributed by atoms with Gasteiger partial charge in [0, 0.05) is 12.4 Å². The summed E-state index contributed by atoms with van der Waals surface area (Å²) in [6, 6.07) is 2.64. The van der Waals surface area contributed by atoms with Crippen LogP contribution in [0.2, 0.25) is 0 Å².